The largest absolute Gasteiger partial charge is 0.466 e. The first-order valence-corrected chi connectivity index (χ1v) is 7.36. The number of aromatic nitrogens is 1. The SMILES string of the molecule is CCOC(=O)CCN(Cc1ccccn1)C(=O)CC(C)C. The van der Waals surface area contributed by atoms with Crippen LogP contribution in [-0.4, -0.2) is 34.9 Å². The molecule has 0 unspecified atom stereocenters. The van der Waals surface area contributed by atoms with E-state index >= 15 is 0 Å². The highest BCUT2D eigenvalue weighted by Gasteiger charge is 2.17. The van der Waals surface area contributed by atoms with Crippen molar-refractivity contribution in [3.8, 4) is 0 Å². The van der Waals surface area contributed by atoms with Crippen molar-refractivity contribution in [2.45, 2.75) is 40.2 Å². The molecule has 0 aliphatic heterocycles. The van der Waals surface area contributed by atoms with Crippen LogP contribution in [-0.2, 0) is 20.9 Å². The molecule has 0 saturated heterocycles. The minimum Gasteiger partial charge on any atom is -0.466 e. The number of nitrogens with zero attached hydrogens (tertiary/aromatic N) is 2. The third kappa shape index (κ3) is 6.88. The Morgan fingerprint density at radius 1 is 1.33 bits per heavy atom. The Morgan fingerprint density at radius 3 is 2.67 bits per heavy atom. The van der Waals surface area contributed by atoms with E-state index in [4.69, 9.17) is 4.74 Å². The summed E-state index contributed by atoms with van der Waals surface area (Å²) in [5, 5.41) is 0. The van der Waals surface area contributed by atoms with Crippen LogP contribution in [0.2, 0.25) is 0 Å². The molecule has 0 aliphatic rings. The predicted molar refractivity (Wildman–Crippen MR) is 80.4 cm³/mol. The lowest BCUT2D eigenvalue weighted by atomic mass is 10.1. The van der Waals surface area contributed by atoms with Crippen molar-refractivity contribution in [3.63, 3.8) is 0 Å². The van der Waals surface area contributed by atoms with Gasteiger partial charge in [-0.1, -0.05) is 19.9 Å². The zero-order valence-corrected chi connectivity index (χ0v) is 13.0. The van der Waals surface area contributed by atoms with Gasteiger partial charge >= 0.3 is 5.97 Å². The Morgan fingerprint density at radius 2 is 2.10 bits per heavy atom. The summed E-state index contributed by atoms with van der Waals surface area (Å²) in [5.41, 5.74) is 0.818. The van der Waals surface area contributed by atoms with E-state index in [0.717, 1.165) is 5.69 Å². The third-order valence-corrected chi connectivity index (χ3v) is 2.91. The number of amides is 1. The van der Waals surface area contributed by atoms with Gasteiger partial charge in [-0.3, -0.25) is 14.6 Å². The maximum atomic E-state index is 12.3. The van der Waals surface area contributed by atoms with Gasteiger partial charge in [-0.15, -0.1) is 0 Å². The first-order chi connectivity index (χ1) is 10.0. The highest BCUT2D eigenvalue weighted by atomic mass is 16.5. The smallest absolute Gasteiger partial charge is 0.307 e. The fourth-order valence-corrected chi connectivity index (χ4v) is 1.92. The van der Waals surface area contributed by atoms with Gasteiger partial charge in [-0.2, -0.15) is 0 Å². The van der Waals surface area contributed by atoms with Gasteiger partial charge in [-0.05, 0) is 25.0 Å². The number of carbonyl (C=O) groups excluding carboxylic acids is 2. The normalized spacial score (nSPS) is 10.5. The summed E-state index contributed by atoms with van der Waals surface area (Å²) in [4.78, 5) is 29.7. The van der Waals surface area contributed by atoms with E-state index in [9.17, 15) is 9.59 Å². The number of esters is 1. The number of rotatable bonds is 8. The molecule has 0 bridgehead atoms. The molecule has 1 aromatic heterocycles. The molecule has 5 nitrogen and oxygen atoms in total. The van der Waals surface area contributed by atoms with E-state index in [0.29, 0.717) is 26.1 Å². The van der Waals surface area contributed by atoms with E-state index in [1.807, 2.05) is 32.0 Å². The molecule has 1 heterocycles. The summed E-state index contributed by atoms with van der Waals surface area (Å²) >= 11 is 0. The summed E-state index contributed by atoms with van der Waals surface area (Å²) in [6, 6.07) is 5.60. The fraction of sp³-hybridized carbons (Fsp3) is 0.562. The van der Waals surface area contributed by atoms with Gasteiger partial charge in [0, 0.05) is 19.2 Å². The van der Waals surface area contributed by atoms with Gasteiger partial charge in [0.25, 0.3) is 0 Å². The standard InChI is InChI=1S/C16H24N2O3/c1-4-21-16(20)8-10-18(15(19)11-13(2)3)12-14-7-5-6-9-17-14/h5-7,9,13H,4,8,10-12H2,1-3H3. The molecule has 1 aromatic rings. The van der Waals surface area contributed by atoms with Crippen molar-refractivity contribution in [1.29, 1.82) is 0 Å². The Balaban J connectivity index is 2.65. The van der Waals surface area contributed by atoms with Crippen molar-refractivity contribution in [2.24, 2.45) is 5.92 Å². The number of pyridine rings is 1. The molecule has 0 atom stereocenters. The molecule has 0 fully saturated rings. The van der Waals surface area contributed by atoms with E-state index in [-0.39, 0.29) is 24.2 Å². The first kappa shape index (κ1) is 17.1. The van der Waals surface area contributed by atoms with Gasteiger partial charge in [0.2, 0.25) is 5.91 Å². The maximum absolute atomic E-state index is 12.3. The van der Waals surface area contributed by atoms with E-state index in [2.05, 4.69) is 4.98 Å². The minimum absolute atomic E-state index is 0.0416. The average Bonchev–Trinajstić information content (AvgIpc) is 2.44. The molecule has 0 aromatic carbocycles. The first-order valence-electron chi connectivity index (χ1n) is 7.36. The Bertz CT molecular complexity index is 446. The van der Waals surface area contributed by atoms with Gasteiger partial charge in [0.1, 0.15) is 0 Å². The van der Waals surface area contributed by atoms with Gasteiger partial charge < -0.3 is 9.64 Å². The second-order valence-electron chi connectivity index (χ2n) is 5.29. The lowest BCUT2D eigenvalue weighted by Crippen LogP contribution is -2.33. The lowest BCUT2D eigenvalue weighted by molar-refractivity contribution is -0.144. The van der Waals surface area contributed by atoms with E-state index in [1.54, 1.807) is 18.0 Å². The van der Waals surface area contributed by atoms with Crippen LogP contribution in [0.15, 0.2) is 24.4 Å². The summed E-state index contributed by atoms with van der Waals surface area (Å²) in [7, 11) is 0. The zero-order chi connectivity index (χ0) is 15.7. The van der Waals surface area contributed by atoms with Crippen molar-refractivity contribution in [2.75, 3.05) is 13.2 Å². The van der Waals surface area contributed by atoms with Gasteiger partial charge in [-0.25, -0.2) is 0 Å². The summed E-state index contributed by atoms with van der Waals surface area (Å²) < 4.78 is 4.91. The van der Waals surface area contributed by atoms with Crippen LogP contribution < -0.4 is 0 Å². The minimum atomic E-state index is -0.277. The van der Waals surface area contributed by atoms with Crippen LogP contribution in [0.5, 0.6) is 0 Å². The number of ether oxygens (including phenoxy) is 1. The topological polar surface area (TPSA) is 59.5 Å². The second kappa shape index (κ2) is 9.10. The zero-order valence-electron chi connectivity index (χ0n) is 13.0. The van der Waals surface area contributed by atoms with E-state index < -0.39 is 0 Å². The van der Waals surface area contributed by atoms with Crippen molar-refractivity contribution < 1.29 is 14.3 Å². The summed E-state index contributed by atoms with van der Waals surface area (Å²) in [6.45, 7) is 6.92. The fourth-order valence-electron chi connectivity index (χ4n) is 1.92. The summed E-state index contributed by atoms with van der Waals surface area (Å²) in [6.07, 6.45) is 2.38. The quantitative estimate of drug-likeness (QED) is 0.690. The number of hydrogen-bond acceptors (Lipinski definition) is 4. The molecule has 5 heteroatoms. The van der Waals surface area contributed by atoms with Crippen LogP contribution >= 0.6 is 0 Å². The predicted octanol–water partition coefficient (Wildman–Crippen LogP) is 2.41. The highest BCUT2D eigenvalue weighted by molar-refractivity contribution is 5.77. The Hall–Kier alpha value is -1.91. The number of hydrogen-bond donors (Lipinski definition) is 0. The number of carbonyl (C=O) groups is 2. The molecule has 21 heavy (non-hydrogen) atoms. The monoisotopic (exact) mass is 292 g/mol. The average molecular weight is 292 g/mol. The van der Waals surface area contributed by atoms with Crippen LogP contribution in [0.1, 0.15) is 39.3 Å². The van der Waals surface area contributed by atoms with E-state index in [1.165, 1.54) is 0 Å². The summed E-state index contributed by atoms with van der Waals surface area (Å²) in [5.74, 6) is 0.0483. The van der Waals surface area contributed by atoms with Gasteiger partial charge in [0.15, 0.2) is 0 Å². The maximum Gasteiger partial charge on any atom is 0.307 e. The van der Waals surface area contributed by atoms with Crippen LogP contribution in [0.4, 0.5) is 0 Å². The highest BCUT2D eigenvalue weighted by Crippen LogP contribution is 2.09. The Labute approximate surface area is 126 Å². The van der Waals surface area contributed by atoms with Gasteiger partial charge in [0.05, 0.1) is 25.3 Å². The van der Waals surface area contributed by atoms with Crippen molar-refractivity contribution in [1.82, 2.24) is 9.88 Å². The second-order valence-corrected chi connectivity index (χ2v) is 5.29. The lowest BCUT2D eigenvalue weighted by Gasteiger charge is -2.23. The Kier molecular flexibility index (Phi) is 7.43. The van der Waals surface area contributed by atoms with Crippen LogP contribution in [0.3, 0.4) is 0 Å². The van der Waals surface area contributed by atoms with Crippen LogP contribution in [0, 0.1) is 5.92 Å². The molecule has 1 rings (SSSR count). The molecule has 0 radical (unpaired) electrons. The molecular formula is C16H24N2O3. The molecule has 1 amide bonds. The molecule has 0 aliphatic carbocycles. The van der Waals surface area contributed by atoms with Crippen molar-refractivity contribution in [3.05, 3.63) is 30.1 Å². The molecule has 0 N–H and O–H groups in total. The molecule has 0 saturated carbocycles. The molecule has 0 spiro atoms. The van der Waals surface area contributed by atoms with Crippen molar-refractivity contribution >= 4 is 11.9 Å². The van der Waals surface area contributed by atoms with Crippen LogP contribution in [0.25, 0.3) is 0 Å². The molecule has 116 valence electrons. The third-order valence-electron chi connectivity index (χ3n) is 2.91. The molecular weight excluding hydrogens is 268 g/mol.